The van der Waals surface area contributed by atoms with Crippen molar-refractivity contribution >= 4 is 22.4 Å². The summed E-state index contributed by atoms with van der Waals surface area (Å²) in [6.07, 6.45) is 4.84. The molecule has 0 unspecified atom stereocenters. The minimum Gasteiger partial charge on any atom is -0.477 e. The van der Waals surface area contributed by atoms with Gasteiger partial charge in [0.1, 0.15) is 4.88 Å². The lowest BCUT2D eigenvalue weighted by Crippen LogP contribution is -2.15. The number of rotatable bonds is 4. The first kappa shape index (κ1) is 11.5. The van der Waals surface area contributed by atoms with Crippen molar-refractivity contribution in [3.63, 3.8) is 0 Å². The average Bonchev–Trinajstić information content (AvgIpc) is 2.79. The topological polar surface area (TPSA) is 66.3 Å². The molecule has 0 aliphatic heterocycles. The number of anilines is 1. The maximum absolute atomic E-state index is 10.7. The maximum atomic E-state index is 10.7. The fourth-order valence-corrected chi connectivity index (χ4v) is 2.09. The Morgan fingerprint density at radius 3 is 2.76 bits per heavy atom. The third-order valence-electron chi connectivity index (χ3n) is 2.20. The van der Waals surface area contributed by atoms with Crippen LogP contribution in [0.15, 0.2) is 30.7 Å². The summed E-state index contributed by atoms with van der Waals surface area (Å²) in [6.45, 7) is 0.676. The molecule has 88 valence electrons. The second-order valence-electron chi connectivity index (χ2n) is 3.52. The van der Waals surface area contributed by atoms with Gasteiger partial charge in [0.25, 0.3) is 0 Å². The highest BCUT2D eigenvalue weighted by Gasteiger charge is 2.11. The molecule has 0 aliphatic carbocycles. The number of aromatic carboxylic acids is 1. The minimum atomic E-state index is -0.939. The summed E-state index contributed by atoms with van der Waals surface area (Å²) in [4.78, 5) is 20.9. The van der Waals surface area contributed by atoms with E-state index in [1.807, 2.05) is 24.1 Å². The number of hydrogen-bond acceptors (Lipinski definition) is 5. The number of carboxylic acids is 1. The zero-order chi connectivity index (χ0) is 12.3. The molecule has 0 bridgehead atoms. The van der Waals surface area contributed by atoms with Crippen molar-refractivity contribution in [2.24, 2.45) is 0 Å². The van der Waals surface area contributed by atoms with Gasteiger partial charge in [-0.05, 0) is 17.7 Å². The predicted octanol–water partition coefficient (Wildman–Crippen LogP) is 1.87. The van der Waals surface area contributed by atoms with Crippen molar-refractivity contribution in [1.29, 1.82) is 0 Å². The standard InChI is InChI=1S/C11H11N3O2S/c1-14(7-8-2-4-12-5-3-8)11-13-6-9(17-11)10(15)16/h2-6H,7H2,1H3,(H,15,16). The summed E-state index contributed by atoms with van der Waals surface area (Å²) < 4.78 is 0. The first-order chi connectivity index (χ1) is 8.16. The molecule has 6 heteroatoms. The predicted molar refractivity (Wildman–Crippen MR) is 65.4 cm³/mol. The number of hydrogen-bond donors (Lipinski definition) is 1. The molecule has 2 rings (SSSR count). The SMILES string of the molecule is CN(Cc1ccncc1)c1ncc(C(=O)O)s1. The van der Waals surface area contributed by atoms with E-state index in [4.69, 9.17) is 5.11 Å². The van der Waals surface area contributed by atoms with Crippen LogP contribution in [0.25, 0.3) is 0 Å². The van der Waals surface area contributed by atoms with E-state index in [9.17, 15) is 4.79 Å². The lowest BCUT2D eigenvalue weighted by Gasteiger charge is -2.15. The van der Waals surface area contributed by atoms with Crippen LogP contribution in [-0.4, -0.2) is 28.1 Å². The molecule has 5 nitrogen and oxygen atoms in total. The average molecular weight is 249 g/mol. The molecule has 0 aliphatic rings. The second kappa shape index (κ2) is 4.92. The first-order valence-corrected chi connectivity index (χ1v) is 5.77. The van der Waals surface area contributed by atoms with Gasteiger partial charge in [-0.25, -0.2) is 9.78 Å². The zero-order valence-corrected chi connectivity index (χ0v) is 10.0. The monoisotopic (exact) mass is 249 g/mol. The van der Waals surface area contributed by atoms with Crippen LogP contribution < -0.4 is 4.90 Å². The van der Waals surface area contributed by atoms with E-state index in [2.05, 4.69) is 9.97 Å². The Morgan fingerprint density at radius 1 is 1.47 bits per heavy atom. The summed E-state index contributed by atoms with van der Waals surface area (Å²) in [5.41, 5.74) is 1.11. The Kier molecular flexibility index (Phi) is 3.34. The molecule has 2 aromatic heterocycles. The van der Waals surface area contributed by atoms with Crippen LogP contribution in [-0.2, 0) is 6.54 Å². The fourth-order valence-electron chi connectivity index (χ4n) is 1.37. The summed E-state index contributed by atoms with van der Waals surface area (Å²) >= 11 is 1.17. The molecule has 0 saturated heterocycles. The zero-order valence-electron chi connectivity index (χ0n) is 9.20. The molecule has 0 radical (unpaired) electrons. The van der Waals surface area contributed by atoms with Crippen molar-refractivity contribution in [2.75, 3.05) is 11.9 Å². The van der Waals surface area contributed by atoms with Gasteiger partial charge in [0.05, 0.1) is 6.20 Å². The summed E-state index contributed by atoms with van der Waals surface area (Å²) in [6, 6.07) is 3.84. The molecule has 0 saturated carbocycles. The first-order valence-electron chi connectivity index (χ1n) is 4.96. The molecule has 0 aromatic carbocycles. The Balaban J connectivity index is 2.09. The summed E-state index contributed by atoms with van der Waals surface area (Å²) in [5.74, 6) is -0.939. The molecule has 2 aromatic rings. The van der Waals surface area contributed by atoms with Gasteiger partial charge >= 0.3 is 5.97 Å². The van der Waals surface area contributed by atoms with Crippen LogP contribution in [0.5, 0.6) is 0 Å². The van der Waals surface area contributed by atoms with Gasteiger partial charge in [-0.2, -0.15) is 0 Å². The highest BCUT2D eigenvalue weighted by atomic mass is 32.1. The van der Waals surface area contributed by atoms with Gasteiger partial charge in [0, 0.05) is 26.0 Å². The smallest absolute Gasteiger partial charge is 0.347 e. The molecule has 2 heterocycles. The van der Waals surface area contributed by atoms with E-state index in [0.717, 1.165) is 5.56 Å². The summed E-state index contributed by atoms with van der Waals surface area (Å²) in [7, 11) is 1.88. The third-order valence-corrected chi connectivity index (χ3v) is 3.30. The lowest BCUT2D eigenvalue weighted by molar-refractivity contribution is 0.0702. The van der Waals surface area contributed by atoms with Crippen LogP contribution in [0.4, 0.5) is 5.13 Å². The van der Waals surface area contributed by atoms with Crippen molar-refractivity contribution in [2.45, 2.75) is 6.54 Å². The van der Waals surface area contributed by atoms with E-state index in [1.54, 1.807) is 12.4 Å². The summed E-state index contributed by atoms with van der Waals surface area (Å²) in [5, 5.41) is 9.51. The Hall–Kier alpha value is -1.95. The largest absolute Gasteiger partial charge is 0.477 e. The van der Waals surface area contributed by atoms with E-state index in [0.29, 0.717) is 11.7 Å². The van der Waals surface area contributed by atoms with Gasteiger partial charge in [0.2, 0.25) is 0 Å². The van der Waals surface area contributed by atoms with Gasteiger partial charge < -0.3 is 10.0 Å². The minimum absolute atomic E-state index is 0.251. The van der Waals surface area contributed by atoms with E-state index < -0.39 is 5.97 Å². The van der Waals surface area contributed by atoms with Crippen LogP contribution in [0, 0.1) is 0 Å². The lowest BCUT2D eigenvalue weighted by atomic mass is 10.2. The molecule has 17 heavy (non-hydrogen) atoms. The second-order valence-corrected chi connectivity index (χ2v) is 4.53. The Morgan fingerprint density at radius 2 is 2.18 bits per heavy atom. The van der Waals surface area contributed by atoms with Crippen LogP contribution >= 0.6 is 11.3 Å². The fraction of sp³-hybridized carbons (Fsp3) is 0.182. The van der Waals surface area contributed by atoms with Crippen LogP contribution in [0.3, 0.4) is 0 Å². The molecule has 0 spiro atoms. The van der Waals surface area contributed by atoms with E-state index >= 15 is 0 Å². The van der Waals surface area contributed by atoms with E-state index in [1.165, 1.54) is 17.5 Å². The maximum Gasteiger partial charge on any atom is 0.347 e. The van der Waals surface area contributed by atoms with Crippen molar-refractivity contribution in [3.8, 4) is 0 Å². The highest BCUT2D eigenvalue weighted by molar-refractivity contribution is 7.17. The molecule has 1 N–H and O–H groups in total. The Bertz CT molecular complexity index is 512. The van der Waals surface area contributed by atoms with Crippen LogP contribution in [0.2, 0.25) is 0 Å². The van der Waals surface area contributed by atoms with Gasteiger partial charge in [-0.3, -0.25) is 4.98 Å². The Labute approximate surface area is 102 Å². The number of aromatic nitrogens is 2. The molecule has 0 fully saturated rings. The molecular weight excluding hydrogens is 238 g/mol. The molecule has 0 atom stereocenters. The number of pyridine rings is 1. The van der Waals surface area contributed by atoms with Gasteiger partial charge in [-0.1, -0.05) is 11.3 Å². The third kappa shape index (κ3) is 2.79. The van der Waals surface area contributed by atoms with E-state index in [-0.39, 0.29) is 4.88 Å². The van der Waals surface area contributed by atoms with Gasteiger partial charge in [-0.15, -0.1) is 0 Å². The molecular formula is C11H11N3O2S. The number of carboxylic acid groups (broad SMARTS) is 1. The van der Waals surface area contributed by atoms with Crippen molar-refractivity contribution in [1.82, 2.24) is 9.97 Å². The highest BCUT2D eigenvalue weighted by Crippen LogP contribution is 2.22. The normalized spacial score (nSPS) is 10.2. The number of thiazole rings is 1. The number of carbonyl (C=O) groups is 1. The molecule has 0 amide bonds. The number of nitrogens with zero attached hydrogens (tertiary/aromatic N) is 3. The quantitative estimate of drug-likeness (QED) is 0.896. The van der Waals surface area contributed by atoms with Crippen LogP contribution in [0.1, 0.15) is 15.2 Å². The van der Waals surface area contributed by atoms with Gasteiger partial charge in [0.15, 0.2) is 5.13 Å². The van der Waals surface area contributed by atoms with Crippen molar-refractivity contribution in [3.05, 3.63) is 41.2 Å². The van der Waals surface area contributed by atoms with Crippen molar-refractivity contribution < 1.29 is 9.90 Å².